The predicted molar refractivity (Wildman–Crippen MR) is 49.8 cm³/mol. The van der Waals surface area contributed by atoms with Crippen LogP contribution >= 0.6 is 0 Å². The average molecular weight is 209 g/mol. The van der Waals surface area contributed by atoms with E-state index in [4.69, 9.17) is 20.3 Å². The van der Waals surface area contributed by atoms with Crippen LogP contribution < -0.4 is 0 Å². The Kier molecular flexibility index (Phi) is 9.31. The standard InChI is InChI=1S/C7H6O3.HNO2.Na.H/c8-6-3-1-5(2-4-6)7(9)10;2-1-3;;/h1-4,8H,(H,9,10);(H,2,3);;. The number of phenols is 1. The zero-order valence-corrected chi connectivity index (χ0v) is 6.41. The molecule has 0 atom stereocenters. The number of benzene rings is 1. The Labute approximate surface area is 101 Å². The van der Waals surface area contributed by atoms with E-state index >= 15 is 0 Å². The summed E-state index contributed by atoms with van der Waals surface area (Å²) < 4.78 is 0. The number of aromatic hydroxyl groups is 1. The molecule has 72 valence electrons. The molecule has 0 heterocycles. The van der Waals surface area contributed by atoms with E-state index in [0.29, 0.717) is 0 Å². The Bertz CT molecular complexity index is 287. The molecular formula is C7H8NNaO5. The van der Waals surface area contributed by atoms with Crippen molar-refractivity contribution in [3.63, 3.8) is 0 Å². The fourth-order valence-corrected chi connectivity index (χ4v) is 0.604. The molecule has 0 spiro atoms. The fraction of sp³-hybridized carbons (Fsp3) is 0. The summed E-state index contributed by atoms with van der Waals surface area (Å²) >= 11 is 0. The SMILES string of the molecule is O=C(O)c1ccc(O)cc1.O=NO.[NaH]. The molecule has 1 rings (SSSR count). The summed E-state index contributed by atoms with van der Waals surface area (Å²) in [5.41, 5.74) is 0.179. The van der Waals surface area contributed by atoms with Gasteiger partial charge in [-0.15, -0.1) is 4.91 Å². The summed E-state index contributed by atoms with van der Waals surface area (Å²) in [5.74, 6) is -0.912. The summed E-state index contributed by atoms with van der Waals surface area (Å²) in [7, 11) is 0. The molecule has 0 saturated heterocycles. The van der Waals surface area contributed by atoms with Gasteiger partial charge in [0.1, 0.15) is 5.75 Å². The first-order valence-corrected chi connectivity index (χ1v) is 3.11. The van der Waals surface area contributed by atoms with Gasteiger partial charge in [-0.1, -0.05) is 0 Å². The van der Waals surface area contributed by atoms with Crippen LogP contribution in [-0.2, 0) is 0 Å². The van der Waals surface area contributed by atoms with Gasteiger partial charge in [-0.05, 0) is 24.3 Å². The Morgan fingerprint density at radius 1 is 1.21 bits per heavy atom. The van der Waals surface area contributed by atoms with E-state index in [1.807, 2.05) is 0 Å². The second kappa shape index (κ2) is 8.49. The molecular weight excluding hydrogens is 201 g/mol. The van der Waals surface area contributed by atoms with Gasteiger partial charge >= 0.3 is 35.5 Å². The monoisotopic (exact) mass is 209 g/mol. The first-order chi connectivity index (χ1) is 6.11. The number of aromatic carboxylic acids is 1. The van der Waals surface area contributed by atoms with Crippen molar-refractivity contribution in [1.82, 2.24) is 0 Å². The van der Waals surface area contributed by atoms with Crippen molar-refractivity contribution in [2.75, 3.05) is 0 Å². The molecule has 0 aliphatic carbocycles. The molecule has 0 saturated carbocycles. The second-order valence-electron chi connectivity index (χ2n) is 1.93. The minimum atomic E-state index is -0.986. The molecule has 3 N–H and O–H groups in total. The van der Waals surface area contributed by atoms with Gasteiger partial charge in [-0.2, -0.15) is 0 Å². The van der Waals surface area contributed by atoms with Gasteiger partial charge < -0.3 is 15.4 Å². The zero-order chi connectivity index (χ0) is 10.3. The van der Waals surface area contributed by atoms with Crippen LogP contribution in [0, 0.1) is 4.91 Å². The third kappa shape index (κ3) is 6.41. The number of rotatable bonds is 1. The van der Waals surface area contributed by atoms with Crippen LogP contribution in [0.25, 0.3) is 0 Å². The Morgan fingerprint density at radius 3 is 1.86 bits per heavy atom. The van der Waals surface area contributed by atoms with Gasteiger partial charge in [0.15, 0.2) is 5.34 Å². The summed E-state index contributed by atoms with van der Waals surface area (Å²) in [6.07, 6.45) is 0. The van der Waals surface area contributed by atoms with Crippen molar-refractivity contribution in [3.8, 4) is 5.75 Å². The van der Waals surface area contributed by atoms with Crippen molar-refractivity contribution in [2.45, 2.75) is 0 Å². The molecule has 0 unspecified atom stereocenters. The summed E-state index contributed by atoms with van der Waals surface area (Å²) in [6.45, 7) is 0. The predicted octanol–water partition coefficient (Wildman–Crippen LogP) is 0.584. The van der Waals surface area contributed by atoms with Crippen LogP contribution in [0.4, 0.5) is 0 Å². The van der Waals surface area contributed by atoms with E-state index in [0.717, 1.165) is 0 Å². The quantitative estimate of drug-likeness (QED) is 0.356. The van der Waals surface area contributed by atoms with Gasteiger partial charge in [-0.3, -0.25) is 0 Å². The number of carboxylic acid groups (broad SMARTS) is 1. The van der Waals surface area contributed by atoms with E-state index in [9.17, 15) is 4.79 Å². The number of hydrogen-bond acceptors (Lipinski definition) is 4. The van der Waals surface area contributed by atoms with Crippen LogP contribution in [0.2, 0.25) is 0 Å². The first kappa shape index (κ1) is 15.4. The van der Waals surface area contributed by atoms with Crippen molar-refractivity contribution in [1.29, 1.82) is 0 Å². The molecule has 0 aliphatic heterocycles. The summed E-state index contributed by atoms with van der Waals surface area (Å²) in [5, 5.41) is 25.0. The van der Waals surface area contributed by atoms with Gasteiger partial charge in [0, 0.05) is 0 Å². The maximum atomic E-state index is 10.2. The van der Waals surface area contributed by atoms with E-state index in [-0.39, 0.29) is 40.9 Å². The van der Waals surface area contributed by atoms with Crippen molar-refractivity contribution < 1.29 is 20.2 Å². The number of carboxylic acids is 1. The van der Waals surface area contributed by atoms with Crippen LogP contribution in [0.1, 0.15) is 10.4 Å². The minimum absolute atomic E-state index is 0. The van der Waals surface area contributed by atoms with Gasteiger partial charge in [0.25, 0.3) is 0 Å². The third-order valence-corrected chi connectivity index (χ3v) is 1.11. The number of carbonyl (C=O) groups is 1. The van der Waals surface area contributed by atoms with E-state index in [1.165, 1.54) is 29.6 Å². The number of nitrogens with zero attached hydrogens (tertiary/aromatic N) is 1. The molecule has 14 heavy (non-hydrogen) atoms. The number of phenolic OH excluding ortho intramolecular Hbond substituents is 1. The van der Waals surface area contributed by atoms with Crippen LogP contribution in [-0.4, -0.2) is 50.9 Å². The molecule has 6 nitrogen and oxygen atoms in total. The van der Waals surface area contributed by atoms with Crippen LogP contribution in [0.3, 0.4) is 0 Å². The zero-order valence-electron chi connectivity index (χ0n) is 6.41. The molecule has 0 fully saturated rings. The Balaban J connectivity index is 0. The summed E-state index contributed by atoms with van der Waals surface area (Å²) in [4.78, 5) is 18.3. The molecule has 0 bridgehead atoms. The third-order valence-electron chi connectivity index (χ3n) is 1.11. The van der Waals surface area contributed by atoms with Gasteiger partial charge in [-0.25, -0.2) is 4.79 Å². The summed E-state index contributed by atoms with van der Waals surface area (Å²) in [6, 6.07) is 5.36. The van der Waals surface area contributed by atoms with Crippen molar-refractivity contribution in [3.05, 3.63) is 34.7 Å². The molecule has 1 aromatic rings. The van der Waals surface area contributed by atoms with E-state index in [2.05, 4.69) is 0 Å². The number of hydrogen-bond donors (Lipinski definition) is 3. The van der Waals surface area contributed by atoms with Crippen LogP contribution in [0.15, 0.2) is 29.6 Å². The van der Waals surface area contributed by atoms with Gasteiger partial charge in [0.2, 0.25) is 0 Å². The van der Waals surface area contributed by atoms with Crippen LogP contribution in [0.5, 0.6) is 5.75 Å². The molecule has 0 amide bonds. The normalized spacial score (nSPS) is 7.43. The first-order valence-electron chi connectivity index (χ1n) is 3.11. The molecule has 7 heteroatoms. The van der Waals surface area contributed by atoms with Gasteiger partial charge in [0.05, 0.1) is 5.56 Å². The molecule has 1 aromatic carbocycles. The van der Waals surface area contributed by atoms with Crippen molar-refractivity contribution >= 4 is 35.5 Å². The average Bonchev–Trinajstić information content (AvgIpc) is 2.06. The van der Waals surface area contributed by atoms with E-state index in [1.54, 1.807) is 0 Å². The fourth-order valence-electron chi connectivity index (χ4n) is 0.604. The topological polar surface area (TPSA) is 107 Å². The Hall–Kier alpha value is -1.11. The van der Waals surface area contributed by atoms with E-state index < -0.39 is 5.97 Å². The Morgan fingerprint density at radius 2 is 1.57 bits per heavy atom. The second-order valence-corrected chi connectivity index (χ2v) is 1.93. The molecule has 0 radical (unpaired) electrons. The maximum absolute atomic E-state index is 10.2. The van der Waals surface area contributed by atoms with Crippen molar-refractivity contribution in [2.24, 2.45) is 5.34 Å². The molecule has 0 aliphatic rings. The molecule has 0 aromatic heterocycles.